The molecule has 0 atom stereocenters. The van der Waals surface area contributed by atoms with Gasteiger partial charge in [0.2, 0.25) is 5.91 Å². The van der Waals surface area contributed by atoms with Crippen molar-refractivity contribution in [3.63, 3.8) is 0 Å². The standard InChI is InChI=1S/C18H21N7O2/c19-16-15(20-5-6-21-16)17(26)23-13-3-4-14(22-11-13)24-7-9-25(10-8-24)18(27)12-1-2-12/h3-6,11-12H,1-2,7-10H2,(H2,19,21)(H,23,26). The summed E-state index contributed by atoms with van der Waals surface area (Å²) in [5.41, 5.74) is 6.30. The summed E-state index contributed by atoms with van der Waals surface area (Å²) in [6.07, 6.45) is 6.52. The number of hydrogen-bond donors (Lipinski definition) is 2. The number of piperazine rings is 1. The lowest BCUT2D eigenvalue weighted by atomic mass is 10.2. The molecule has 2 fully saturated rings. The van der Waals surface area contributed by atoms with Crippen LogP contribution in [-0.4, -0.2) is 57.8 Å². The van der Waals surface area contributed by atoms with Gasteiger partial charge in [-0.3, -0.25) is 9.59 Å². The number of anilines is 3. The molecule has 2 amide bonds. The predicted molar refractivity (Wildman–Crippen MR) is 100 cm³/mol. The highest BCUT2D eigenvalue weighted by Gasteiger charge is 2.34. The van der Waals surface area contributed by atoms with Crippen LogP contribution in [0.2, 0.25) is 0 Å². The van der Waals surface area contributed by atoms with Crippen LogP contribution in [0.1, 0.15) is 23.3 Å². The van der Waals surface area contributed by atoms with Crippen molar-refractivity contribution in [1.82, 2.24) is 19.9 Å². The molecule has 1 saturated heterocycles. The molecule has 9 heteroatoms. The first-order valence-electron chi connectivity index (χ1n) is 8.99. The summed E-state index contributed by atoms with van der Waals surface area (Å²) in [7, 11) is 0. The van der Waals surface area contributed by atoms with Gasteiger partial charge in [0.1, 0.15) is 5.82 Å². The maximum absolute atomic E-state index is 12.2. The van der Waals surface area contributed by atoms with Gasteiger partial charge in [-0.1, -0.05) is 0 Å². The highest BCUT2D eigenvalue weighted by molar-refractivity contribution is 6.05. The van der Waals surface area contributed by atoms with Gasteiger partial charge in [-0.15, -0.1) is 0 Å². The monoisotopic (exact) mass is 367 g/mol. The van der Waals surface area contributed by atoms with E-state index in [1.807, 2.05) is 11.0 Å². The molecule has 0 bridgehead atoms. The average molecular weight is 367 g/mol. The summed E-state index contributed by atoms with van der Waals surface area (Å²) in [5.74, 6) is 1.04. The lowest BCUT2D eigenvalue weighted by Crippen LogP contribution is -2.49. The topological polar surface area (TPSA) is 117 Å². The number of carbonyl (C=O) groups is 2. The molecule has 3 N–H and O–H groups in total. The van der Waals surface area contributed by atoms with E-state index in [1.54, 1.807) is 12.3 Å². The Kier molecular flexibility index (Phi) is 4.57. The molecule has 0 unspecified atom stereocenters. The maximum atomic E-state index is 12.2. The van der Waals surface area contributed by atoms with E-state index >= 15 is 0 Å². The molecule has 1 saturated carbocycles. The lowest BCUT2D eigenvalue weighted by Gasteiger charge is -2.35. The fourth-order valence-electron chi connectivity index (χ4n) is 3.11. The number of carbonyl (C=O) groups excluding carboxylic acids is 2. The number of rotatable bonds is 4. The van der Waals surface area contributed by atoms with Crippen molar-refractivity contribution in [2.45, 2.75) is 12.8 Å². The van der Waals surface area contributed by atoms with E-state index < -0.39 is 5.91 Å². The molecule has 1 aliphatic carbocycles. The zero-order chi connectivity index (χ0) is 18.8. The molecule has 3 heterocycles. The van der Waals surface area contributed by atoms with E-state index in [-0.39, 0.29) is 17.4 Å². The minimum Gasteiger partial charge on any atom is -0.382 e. The molecule has 2 aromatic rings. The highest BCUT2D eigenvalue weighted by atomic mass is 16.2. The number of hydrogen-bond acceptors (Lipinski definition) is 7. The van der Waals surface area contributed by atoms with E-state index in [9.17, 15) is 9.59 Å². The summed E-state index contributed by atoms with van der Waals surface area (Å²) in [6.45, 7) is 2.96. The van der Waals surface area contributed by atoms with Gasteiger partial charge in [0.05, 0.1) is 11.9 Å². The number of aromatic nitrogens is 3. The van der Waals surface area contributed by atoms with Gasteiger partial charge in [0, 0.05) is 44.5 Å². The van der Waals surface area contributed by atoms with E-state index in [2.05, 4.69) is 25.2 Å². The van der Waals surface area contributed by atoms with Gasteiger partial charge in [-0.2, -0.15) is 0 Å². The fourth-order valence-corrected chi connectivity index (χ4v) is 3.11. The first kappa shape index (κ1) is 17.2. The van der Waals surface area contributed by atoms with Crippen molar-refractivity contribution in [1.29, 1.82) is 0 Å². The van der Waals surface area contributed by atoms with E-state index in [0.29, 0.717) is 11.6 Å². The molecule has 9 nitrogen and oxygen atoms in total. The Bertz CT molecular complexity index is 843. The van der Waals surface area contributed by atoms with Crippen molar-refractivity contribution in [3.05, 3.63) is 36.4 Å². The van der Waals surface area contributed by atoms with Crippen molar-refractivity contribution in [2.24, 2.45) is 5.92 Å². The Balaban J connectivity index is 1.34. The molecule has 140 valence electrons. The fraction of sp³-hybridized carbons (Fsp3) is 0.389. The highest BCUT2D eigenvalue weighted by Crippen LogP contribution is 2.31. The molecule has 1 aliphatic heterocycles. The molecule has 0 radical (unpaired) electrons. The van der Waals surface area contributed by atoms with Crippen LogP contribution in [0.3, 0.4) is 0 Å². The first-order valence-corrected chi connectivity index (χ1v) is 8.99. The molecule has 0 aromatic carbocycles. The van der Waals surface area contributed by atoms with E-state index in [1.165, 1.54) is 12.4 Å². The second-order valence-electron chi connectivity index (χ2n) is 6.74. The van der Waals surface area contributed by atoms with Crippen LogP contribution in [0.5, 0.6) is 0 Å². The minimum absolute atomic E-state index is 0.0815. The average Bonchev–Trinajstić information content (AvgIpc) is 3.54. The van der Waals surface area contributed by atoms with Crippen molar-refractivity contribution in [2.75, 3.05) is 42.1 Å². The van der Waals surface area contributed by atoms with Crippen LogP contribution < -0.4 is 16.0 Å². The normalized spacial score (nSPS) is 16.9. The van der Waals surface area contributed by atoms with Gasteiger partial charge < -0.3 is 20.9 Å². The quantitative estimate of drug-likeness (QED) is 0.819. The molecule has 2 aromatic heterocycles. The van der Waals surface area contributed by atoms with Crippen LogP contribution in [-0.2, 0) is 4.79 Å². The van der Waals surface area contributed by atoms with E-state index in [0.717, 1.165) is 44.8 Å². The molecular weight excluding hydrogens is 346 g/mol. The van der Waals surface area contributed by atoms with Gasteiger partial charge in [-0.05, 0) is 25.0 Å². The largest absolute Gasteiger partial charge is 0.382 e. The predicted octanol–water partition coefficient (Wildman–Crippen LogP) is 0.765. The third-order valence-corrected chi connectivity index (χ3v) is 4.79. The van der Waals surface area contributed by atoms with Crippen molar-refractivity contribution >= 4 is 29.1 Å². The molecule has 2 aliphatic rings. The minimum atomic E-state index is -0.428. The number of amides is 2. The summed E-state index contributed by atoms with van der Waals surface area (Å²) in [6, 6.07) is 3.64. The van der Waals surface area contributed by atoms with Gasteiger partial charge in [0.15, 0.2) is 11.5 Å². The summed E-state index contributed by atoms with van der Waals surface area (Å²) in [5, 5.41) is 2.72. The Morgan fingerprint density at radius 1 is 1.04 bits per heavy atom. The summed E-state index contributed by atoms with van der Waals surface area (Å²) < 4.78 is 0. The van der Waals surface area contributed by atoms with Crippen LogP contribution in [0.4, 0.5) is 17.3 Å². The summed E-state index contributed by atoms with van der Waals surface area (Å²) >= 11 is 0. The Hall–Kier alpha value is -3.23. The molecule has 4 rings (SSSR count). The zero-order valence-electron chi connectivity index (χ0n) is 14.8. The Morgan fingerprint density at radius 3 is 2.41 bits per heavy atom. The van der Waals surface area contributed by atoms with Gasteiger partial charge in [0.25, 0.3) is 5.91 Å². The number of nitrogen functional groups attached to an aromatic ring is 1. The van der Waals surface area contributed by atoms with Crippen LogP contribution in [0.25, 0.3) is 0 Å². The first-order chi connectivity index (χ1) is 13.1. The SMILES string of the molecule is Nc1nccnc1C(=O)Nc1ccc(N2CCN(C(=O)C3CC3)CC2)nc1. The Morgan fingerprint density at radius 2 is 1.78 bits per heavy atom. The molecular formula is C18H21N7O2. The number of nitrogens with one attached hydrogen (secondary N) is 1. The smallest absolute Gasteiger partial charge is 0.278 e. The van der Waals surface area contributed by atoms with Gasteiger partial charge >= 0.3 is 0 Å². The van der Waals surface area contributed by atoms with E-state index in [4.69, 9.17) is 5.73 Å². The number of nitrogens with two attached hydrogens (primary N) is 1. The van der Waals surface area contributed by atoms with Crippen LogP contribution in [0, 0.1) is 5.92 Å². The van der Waals surface area contributed by atoms with Crippen molar-refractivity contribution in [3.8, 4) is 0 Å². The molecule has 27 heavy (non-hydrogen) atoms. The second kappa shape index (κ2) is 7.18. The third kappa shape index (κ3) is 3.81. The number of nitrogens with zero attached hydrogens (tertiary/aromatic N) is 5. The van der Waals surface area contributed by atoms with Gasteiger partial charge in [-0.25, -0.2) is 15.0 Å². The maximum Gasteiger partial charge on any atom is 0.278 e. The van der Waals surface area contributed by atoms with Crippen LogP contribution >= 0.6 is 0 Å². The summed E-state index contributed by atoms with van der Waals surface area (Å²) in [4.78, 5) is 40.7. The third-order valence-electron chi connectivity index (χ3n) is 4.79. The zero-order valence-corrected chi connectivity index (χ0v) is 14.8. The number of pyridine rings is 1. The molecule has 0 spiro atoms. The lowest BCUT2D eigenvalue weighted by molar-refractivity contribution is -0.132. The van der Waals surface area contributed by atoms with Crippen molar-refractivity contribution < 1.29 is 9.59 Å². The Labute approximate surface area is 156 Å². The van der Waals surface area contributed by atoms with Crippen LogP contribution in [0.15, 0.2) is 30.7 Å². The second-order valence-corrected chi connectivity index (χ2v) is 6.74.